The molecule has 116 valence electrons. The normalized spacial score (nSPS) is 10.7. The van der Waals surface area contributed by atoms with Crippen molar-refractivity contribution in [1.29, 1.82) is 5.26 Å². The van der Waals surface area contributed by atoms with Gasteiger partial charge in [-0.25, -0.2) is 0 Å². The number of anilines is 2. The standard InChI is InChI=1S/C17H15N3O3/c1-11-7-15(22)5-6-16(11)19-10-12(9-18)17(23)20-13-3-2-4-14(21)8-13/h2-8,10,19,21-22H,1H3,(H,20,23)/b12-10-. The number of nitrogens with one attached hydrogen (secondary N) is 2. The Bertz CT molecular complexity index is 807. The fourth-order valence-corrected chi connectivity index (χ4v) is 1.89. The minimum atomic E-state index is -0.595. The third-order valence-corrected chi connectivity index (χ3v) is 3.05. The molecule has 4 N–H and O–H groups in total. The highest BCUT2D eigenvalue weighted by Crippen LogP contribution is 2.20. The van der Waals surface area contributed by atoms with Gasteiger partial charge < -0.3 is 20.8 Å². The minimum absolute atomic E-state index is 0.0168. The summed E-state index contributed by atoms with van der Waals surface area (Å²) in [7, 11) is 0. The van der Waals surface area contributed by atoms with Crippen LogP contribution in [-0.4, -0.2) is 16.1 Å². The van der Waals surface area contributed by atoms with Gasteiger partial charge in [0.15, 0.2) is 0 Å². The van der Waals surface area contributed by atoms with E-state index in [0.717, 1.165) is 5.56 Å². The molecule has 6 nitrogen and oxygen atoms in total. The van der Waals surface area contributed by atoms with Crippen molar-refractivity contribution in [3.63, 3.8) is 0 Å². The van der Waals surface area contributed by atoms with E-state index in [9.17, 15) is 15.0 Å². The first kappa shape index (κ1) is 15.9. The van der Waals surface area contributed by atoms with Gasteiger partial charge in [-0.05, 0) is 42.8 Å². The van der Waals surface area contributed by atoms with E-state index in [-0.39, 0.29) is 17.1 Å². The fourth-order valence-electron chi connectivity index (χ4n) is 1.89. The Morgan fingerprint density at radius 2 is 1.91 bits per heavy atom. The third kappa shape index (κ3) is 4.25. The lowest BCUT2D eigenvalue weighted by Crippen LogP contribution is -2.14. The zero-order valence-electron chi connectivity index (χ0n) is 12.4. The number of rotatable bonds is 4. The number of aryl methyl sites for hydroxylation is 1. The Morgan fingerprint density at radius 1 is 1.17 bits per heavy atom. The Balaban J connectivity index is 2.12. The highest BCUT2D eigenvalue weighted by Gasteiger charge is 2.10. The molecule has 0 fully saturated rings. The van der Waals surface area contributed by atoms with Gasteiger partial charge in [-0.3, -0.25) is 4.79 Å². The van der Waals surface area contributed by atoms with E-state index in [2.05, 4.69) is 10.6 Å². The quantitative estimate of drug-likeness (QED) is 0.395. The molecule has 0 spiro atoms. The number of carbonyl (C=O) groups is 1. The predicted octanol–water partition coefficient (Wildman–Crippen LogP) is 2.86. The van der Waals surface area contributed by atoms with Gasteiger partial charge in [-0.2, -0.15) is 5.26 Å². The summed E-state index contributed by atoms with van der Waals surface area (Å²) < 4.78 is 0. The van der Waals surface area contributed by atoms with Crippen LogP contribution in [0.1, 0.15) is 5.56 Å². The van der Waals surface area contributed by atoms with Crippen LogP contribution in [0.4, 0.5) is 11.4 Å². The molecule has 1 amide bonds. The molecule has 0 radical (unpaired) electrons. The molecule has 6 heteroatoms. The maximum Gasteiger partial charge on any atom is 0.267 e. The van der Waals surface area contributed by atoms with Crippen molar-refractivity contribution in [3.05, 3.63) is 59.8 Å². The minimum Gasteiger partial charge on any atom is -0.508 e. The number of phenols is 2. The summed E-state index contributed by atoms with van der Waals surface area (Å²) in [6, 6.07) is 12.6. The van der Waals surface area contributed by atoms with Crippen molar-refractivity contribution in [1.82, 2.24) is 0 Å². The molecule has 0 aliphatic rings. The van der Waals surface area contributed by atoms with Crippen LogP contribution >= 0.6 is 0 Å². The average molecular weight is 309 g/mol. The highest BCUT2D eigenvalue weighted by molar-refractivity contribution is 6.06. The number of aromatic hydroxyl groups is 2. The zero-order chi connectivity index (χ0) is 16.8. The van der Waals surface area contributed by atoms with Crippen molar-refractivity contribution in [2.75, 3.05) is 10.6 Å². The summed E-state index contributed by atoms with van der Waals surface area (Å²) in [5, 5.41) is 33.2. The number of hydrogen-bond acceptors (Lipinski definition) is 5. The van der Waals surface area contributed by atoms with Gasteiger partial charge in [0.2, 0.25) is 0 Å². The van der Waals surface area contributed by atoms with Gasteiger partial charge in [0, 0.05) is 23.6 Å². The second kappa shape index (κ2) is 7.00. The summed E-state index contributed by atoms with van der Waals surface area (Å²) in [6.45, 7) is 1.79. The van der Waals surface area contributed by atoms with E-state index in [1.807, 2.05) is 6.07 Å². The number of phenolic OH excluding ortho intramolecular Hbond substituents is 2. The van der Waals surface area contributed by atoms with Crippen molar-refractivity contribution < 1.29 is 15.0 Å². The van der Waals surface area contributed by atoms with Crippen LogP contribution < -0.4 is 10.6 Å². The van der Waals surface area contributed by atoms with Crippen LogP contribution in [0, 0.1) is 18.3 Å². The van der Waals surface area contributed by atoms with E-state index in [4.69, 9.17) is 5.26 Å². The van der Waals surface area contributed by atoms with E-state index >= 15 is 0 Å². The van der Waals surface area contributed by atoms with Gasteiger partial charge in [0.1, 0.15) is 23.1 Å². The summed E-state index contributed by atoms with van der Waals surface area (Å²) in [5.74, 6) is -0.440. The van der Waals surface area contributed by atoms with Crippen LogP contribution in [0.5, 0.6) is 11.5 Å². The van der Waals surface area contributed by atoms with Crippen molar-refractivity contribution >= 4 is 17.3 Å². The predicted molar refractivity (Wildman–Crippen MR) is 86.9 cm³/mol. The van der Waals surface area contributed by atoms with Crippen molar-refractivity contribution in [2.24, 2.45) is 0 Å². The molecular weight excluding hydrogens is 294 g/mol. The Kier molecular flexibility index (Phi) is 4.85. The smallest absolute Gasteiger partial charge is 0.267 e. The molecular formula is C17H15N3O3. The Morgan fingerprint density at radius 3 is 2.57 bits per heavy atom. The molecule has 0 heterocycles. The molecule has 0 bridgehead atoms. The van der Waals surface area contributed by atoms with E-state index in [1.165, 1.54) is 24.4 Å². The van der Waals surface area contributed by atoms with Gasteiger partial charge in [0.05, 0.1) is 0 Å². The van der Waals surface area contributed by atoms with E-state index < -0.39 is 5.91 Å². The molecule has 23 heavy (non-hydrogen) atoms. The van der Waals surface area contributed by atoms with Gasteiger partial charge >= 0.3 is 0 Å². The molecule has 0 unspecified atom stereocenters. The summed E-state index contributed by atoms with van der Waals surface area (Å²) in [5.41, 5.74) is 1.70. The highest BCUT2D eigenvalue weighted by atomic mass is 16.3. The first-order valence-electron chi connectivity index (χ1n) is 6.76. The number of carbonyl (C=O) groups excluding carboxylic acids is 1. The lowest BCUT2D eigenvalue weighted by Gasteiger charge is -2.07. The van der Waals surface area contributed by atoms with Gasteiger partial charge in [0.25, 0.3) is 5.91 Å². The van der Waals surface area contributed by atoms with E-state index in [0.29, 0.717) is 11.4 Å². The lowest BCUT2D eigenvalue weighted by atomic mass is 10.2. The second-order valence-electron chi connectivity index (χ2n) is 4.82. The summed E-state index contributed by atoms with van der Waals surface area (Å²) >= 11 is 0. The first-order chi connectivity index (χ1) is 11.0. The monoisotopic (exact) mass is 309 g/mol. The first-order valence-corrected chi connectivity index (χ1v) is 6.76. The van der Waals surface area contributed by atoms with Crippen LogP contribution in [0.15, 0.2) is 54.2 Å². The van der Waals surface area contributed by atoms with Gasteiger partial charge in [-0.1, -0.05) is 6.07 Å². The summed E-state index contributed by atoms with van der Waals surface area (Å²) in [4.78, 5) is 12.1. The second-order valence-corrected chi connectivity index (χ2v) is 4.82. The maximum atomic E-state index is 12.1. The van der Waals surface area contributed by atoms with Crippen LogP contribution in [0.25, 0.3) is 0 Å². The zero-order valence-corrected chi connectivity index (χ0v) is 12.4. The third-order valence-electron chi connectivity index (χ3n) is 3.05. The summed E-state index contributed by atoms with van der Waals surface area (Å²) in [6.07, 6.45) is 1.29. The molecule has 0 saturated carbocycles. The van der Waals surface area contributed by atoms with Crippen LogP contribution in [0.3, 0.4) is 0 Å². The van der Waals surface area contributed by atoms with E-state index in [1.54, 1.807) is 31.2 Å². The number of benzene rings is 2. The number of hydrogen-bond donors (Lipinski definition) is 4. The molecule has 0 atom stereocenters. The molecule has 0 aromatic heterocycles. The van der Waals surface area contributed by atoms with Gasteiger partial charge in [-0.15, -0.1) is 0 Å². The molecule has 2 aromatic carbocycles. The number of nitriles is 1. The average Bonchev–Trinajstić information content (AvgIpc) is 2.49. The number of nitrogens with zero attached hydrogens (tertiary/aromatic N) is 1. The van der Waals surface area contributed by atoms with Crippen molar-refractivity contribution in [2.45, 2.75) is 6.92 Å². The Hall–Kier alpha value is -3.46. The van der Waals surface area contributed by atoms with Crippen molar-refractivity contribution in [3.8, 4) is 17.6 Å². The Labute approximate surface area is 133 Å². The van der Waals surface area contributed by atoms with Crippen LogP contribution in [-0.2, 0) is 4.79 Å². The van der Waals surface area contributed by atoms with Crippen LogP contribution in [0.2, 0.25) is 0 Å². The molecule has 2 rings (SSSR count). The lowest BCUT2D eigenvalue weighted by molar-refractivity contribution is -0.112. The maximum absolute atomic E-state index is 12.1. The largest absolute Gasteiger partial charge is 0.508 e. The topological polar surface area (TPSA) is 105 Å². The molecule has 0 saturated heterocycles. The SMILES string of the molecule is Cc1cc(O)ccc1N/C=C(/C#N)C(=O)Nc1cccc(O)c1. The molecule has 0 aliphatic heterocycles. The fraction of sp³-hybridized carbons (Fsp3) is 0.0588. The molecule has 0 aliphatic carbocycles. The molecule has 2 aromatic rings. The number of amides is 1.